The number of aliphatic hydroxyl groups excluding tert-OH is 1. The van der Waals surface area contributed by atoms with Crippen LogP contribution in [0.2, 0.25) is 0 Å². The number of carboxylic acids is 1. The highest BCUT2D eigenvalue weighted by Crippen LogP contribution is 2.46. The van der Waals surface area contributed by atoms with Gasteiger partial charge in [-0.05, 0) is 26.0 Å². The molecule has 0 aliphatic carbocycles. The molecule has 0 saturated carbocycles. The average Bonchev–Trinajstić information content (AvgIpc) is 3.00. The van der Waals surface area contributed by atoms with Crippen molar-refractivity contribution < 1.29 is 41.2 Å². The predicted molar refractivity (Wildman–Crippen MR) is 113 cm³/mol. The highest BCUT2D eigenvalue weighted by molar-refractivity contribution is 7.52. The number of carbonyl (C=O) groups is 1. The van der Waals surface area contributed by atoms with Gasteiger partial charge in [-0.2, -0.15) is 5.09 Å². The molecule has 1 saturated heterocycles. The summed E-state index contributed by atoms with van der Waals surface area (Å²) in [6.07, 6.45) is -5.81. The fourth-order valence-corrected chi connectivity index (χ4v) is 4.55. The van der Waals surface area contributed by atoms with Crippen molar-refractivity contribution in [2.45, 2.75) is 43.9 Å². The van der Waals surface area contributed by atoms with Gasteiger partial charge in [0, 0.05) is 12.2 Å². The van der Waals surface area contributed by atoms with Crippen molar-refractivity contribution in [2.75, 3.05) is 6.61 Å². The van der Waals surface area contributed by atoms with Crippen molar-refractivity contribution in [1.29, 1.82) is 0 Å². The highest BCUT2D eigenvalue weighted by atomic mass is 31.2. The molecule has 0 spiro atoms. The van der Waals surface area contributed by atoms with Gasteiger partial charge in [-0.3, -0.25) is 23.7 Å². The van der Waals surface area contributed by atoms with Gasteiger partial charge in [-0.1, -0.05) is 18.2 Å². The molecule has 0 radical (unpaired) electrons. The zero-order valence-electron chi connectivity index (χ0n) is 19.5. The monoisotopic (exact) mass is 487 g/mol. The Morgan fingerprint density at radius 1 is 1.42 bits per heavy atom. The van der Waals surface area contributed by atoms with E-state index in [-0.39, 0.29) is 5.75 Å². The zero-order valence-corrected chi connectivity index (χ0v) is 18.4. The lowest BCUT2D eigenvalue weighted by Crippen LogP contribution is -2.47. The number of para-hydroxylation sites is 1. The number of nitrogens with zero attached hydrogens (tertiary/aromatic N) is 1. The van der Waals surface area contributed by atoms with Crippen LogP contribution in [-0.4, -0.2) is 61.3 Å². The fraction of sp³-hybridized carbons (Fsp3) is 0.421. The van der Waals surface area contributed by atoms with E-state index in [1.165, 1.54) is 19.1 Å². The average molecular weight is 487 g/mol. The van der Waals surface area contributed by atoms with Crippen LogP contribution in [-0.2, 0) is 18.6 Å². The Balaban J connectivity index is 1.86. The molecule has 180 valence electrons. The maximum absolute atomic E-state index is 13.3. The molecule has 5 N–H and O–H groups in total. The summed E-state index contributed by atoms with van der Waals surface area (Å²) in [7, 11) is -4.38. The minimum absolute atomic E-state index is 0.0836. The first-order chi connectivity index (χ1) is 16.3. The summed E-state index contributed by atoms with van der Waals surface area (Å²) in [5, 5.41) is 32.8. The molecule has 6 atom stereocenters. The van der Waals surface area contributed by atoms with Crippen molar-refractivity contribution >= 4 is 13.7 Å². The van der Waals surface area contributed by atoms with Gasteiger partial charge >= 0.3 is 19.4 Å². The first kappa shape index (κ1) is 22.0. The number of aliphatic carboxylic acids is 1. The van der Waals surface area contributed by atoms with Crippen LogP contribution in [0.4, 0.5) is 0 Å². The Labute approximate surface area is 190 Å². The van der Waals surface area contributed by atoms with E-state index < -0.39 is 73.9 Å². The SMILES string of the molecule is [2H]c1c([2H])n([C@@H]2O[C@H](COP(=O)(N[C@@H](C)C(=O)O)Oc3ccccc3)[C@@H](O)[C@@]2(C)O)c(=O)[nH]c1=O. The normalized spacial score (nSPS) is 28.4. The number of ether oxygens (including phenoxy) is 1. The van der Waals surface area contributed by atoms with Gasteiger partial charge in [-0.25, -0.2) is 9.36 Å². The smallest absolute Gasteiger partial charge is 0.459 e. The summed E-state index contributed by atoms with van der Waals surface area (Å²) >= 11 is 0. The second-order valence-corrected chi connectivity index (χ2v) is 9.14. The Hall–Kier alpha value is -2.80. The lowest BCUT2D eigenvalue weighted by atomic mass is 9.96. The predicted octanol–water partition coefficient (Wildman–Crippen LogP) is -0.188. The number of carboxylic acid groups (broad SMARTS) is 1. The molecule has 2 aromatic rings. The van der Waals surface area contributed by atoms with E-state index in [4.69, 9.17) is 16.5 Å². The van der Waals surface area contributed by atoms with Crippen molar-refractivity contribution in [3.63, 3.8) is 0 Å². The Morgan fingerprint density at radius 2 is 2.09 bits per heavy atom. The van der Waals surface area contributed by atoms with E-state index in [1.54, 1.807) is 18.2 Å². The minimum Gasteiger partial charge on any atom is -0.480 e. The van der Waals surface area contributed by atoms with E-state index in [0.717, 1.165) is 6.92 Å². The van der Waals surface area contributed by atoms with E-state index in [9.17, 15) is 34.3 Å². The van der Waals surface area contributed by atoms with E-state index in [2.05, 4.69) is 5.09 Å². The number of aromatic nitrogens is 2. The Bertz CT molecular complexity index is 1250. The molecule has 1 aromatic heterocycles. The molecule has 1 aliphatic heterocycles. The number of hydrogen-bond acceptors (Lipinski definition) is 9. The molecule has 1 aromatic carbocycles. The van der Waals surface area contributed by atoms with E-state index in [1.807, 2.05) is 4.98 Å². The number of rotatable bonds is 9. The summed E-state index contributed by atoms with van der Waals surface area (Å²) in [6, 6.07) is 5.48. The molecule has 1 unspecified atom stereocenters. The summed E-state index contributed by atoms with van der Waals surface area (Å²) in [5.41, 5.74) is -4.50. The largest absolute Gasteiger partial charge is 0.480 e. The second-order valence-electron chi connectivity index (χ2n) is 7.45. The standard InChI is InChI=1S/C19H24N3O10P/c1-11(16(25)26)21-33(29,32-12-6-4-3-5-7-12)30-10-13-15(24)19(2,28)17(31-13)22-9-8-14(23)20-18(22)27/h3-9,11,13,15,17,24,28H,10H2,1-2H3,(H,21,29)(H,25,26)(H,20,23,27)/t11-,13+,15+,17+,19+,33?/m0/s1/i8D,9D. The number of aliphatic hydroxyl groups is 2. The maximum atomic E-state index is 13.3. The van der Waals surface area contributed by atoms with Gasteiger partial charge in [0.25, 0.3) is 5.56 Å². The third kappa shape index (κ3) is 5.58. The van der Waals surface area contributed by atoms with Crippen LogP contribution in [0.1, 0.15) is 22.8 Å². The highest BCUT2D eigenvalue weighted by Gasteiger charge is 2.54. The summed E-state index contributed by atoms with van der Waals surface area (Å²) in [4.78, 5) is 36.9. The molecular formula is C19H24N3O10P. The third-order valence-electron chi connectivity index (χ3n) is 4.82. The molecule has 3 rings (SSSR count). The quantitative estimate of drug-likeness (QED) is 0.295. The van der Waals surface area contributed by atoms with Crippen molar-refractivity contribution in [1.82, 2.24) is 14.6 Å². The maximum Gasteiger partial charge on any atom is 0.459 e. The van der Waals surface area contributed by atoms with Crippen LogP contribution in [0.15, 0.2) is 52.1 Å². The molecule has 1 aliphatic rings. The van der Waals surface area contributed by atoms with Crippen LogP contribution in [0.5, 0.6) is 5.75 Å². The number of nitrogens with one attached hydrogen (secondary N) is 2. The fourth-order valence-electron chi connectivity index (χ4n) is 3.04. The van der Waals surface area contributed by atoms with Gasteiger partial charge in [0.2, 0.25) is 0 Å². The molecule has 2 heterocycles. The summed E-state index contributed by atoms with van der Waals surface area (Å²) < 4.78 is 45.5. The van der Waals surface area contributed by atoms with E-state index in [0.29, 0.717) is 4.57 Å². The van der Waals surface area contributed by atoms with Crippen LogP contribution >= 0.6 is 7.75 Å². The molecule has 33 heavy (non-hydrogen) atoms. The van der Waals surface area contributed by atoms with Crippen molar-refractivity contribution in [3.8, 4) is 5.75 Å². The van der Waals surface area contributed by atoms with Gasteiger partial charge in [0.1, 0.15) is 29.6 Å². The number of hydrogen-bond donors (Lipinski definition) is 5. The van der Waals surface area contributed by atoms with Crippen molar-refractivity contribution in [2.24, 2.45) is 0 Å². The first-order valence-corrected chi connectivity index (χ1v) is 11.2. The minimum atomic E-state index is -4.38. The third-order valence-corrected chi connectivity index (χ3v) is 6.46. The molecular weight excluding hydrogens is 461 g/mol. The topological polar surface area (TPSA) is 189 Å². The summed E-state index contributed by atoms with van der Waals surface area (Å²) in [6.45, 7) is 1.58. The van der Waals surface area contributed by atoms with Gasteiger partial charge in [0.05, 0.1) is 9.35 Å². The summed E-state index contributed by atoms with van der Waals surface area (Å²) in [5.74, 6) is -1.27. The van der Waals surface area contributed by atoms with Crippen LogP contribution in [0.3, 0.4) is 0 Å². The van der Waals surface area contributed by atoms with Crippen molar-refractivity contribution in [3.05, 3.63) is 63.4 Å². The lowest BCUT2D eigenvalue weighted by Gasteiger charge is -2.27. The first-order valence-electron chi connectivity index (χ1n) is 10.6. The van der Waals surface area contributed by atoms with Crippen LogP contribution in [0, 0.1) is 0 Å². The lowest BCUT2D eigenvalue weighted by molar-refractivity contribution is -0.138. The molecule has 0 amide bonds. The zero-order chi connectivity index (χ0) is 26.1. The Kier molecular flexibility index (Phi) is 6.40. The van der Waals surface area contributed by atoms with Crippen LogP contribution in [0.25, 0.3) is 0 Å². The number of benzene rings is 1. The molecule has 0 bridgehead atoms. The van der Waals surface area contributed by atoms with Gasteiger partial charge < -0.3 is 24.6 Å². The molecule has 14 heteroatoms. The van der Waals surface area contributed by atoms with E-state index >= 15 is 0 Å². The molecule has 1 fully saturated rings. The number of aromatic amines is 1. The van der Waals surface area contributed by atoms with Crippen LogP contribution < -0.4 is 20.9 Å². The molecule has 13 nitrogen and oxygen atoms in total. The van der Waals surface area contributed by atoms with Gasteiger partial charge in [-0.15, -0.1) is 0 Å². The number of H-pyrrole nitrogens is 1. The second kappa shape index (κ2) is 9.59. The van der Waals surface area contributed by atoms with Gasteiger partial charge in [0.15, 0.2) is 6.23 Å². The Morgan fingerprint density at radius 3 is 2.73 bits per heavy atom.